The molecule has 1 amide bonds. The topological polar surface area (TPSA) is 80.7 Å². The molecule has 6 heteroatoms. The lowest BCUT2D eigenvalue weighted by atomic mass is 9.94. The highest BCUT2D eigenvalue weighted by Crippen LogP contribution is 2.51. The highest BCUT2D eigenvalue weighted by atomic mass is 16.7. The molecule has 1 fully saturated rings. The van der Waals surface area contributed by atoms with Gasteiger partial charge in [-0.25, -0.2) is 4.98 Å². The fraction of sp³-hybridized carbons (Fsp3) is 0.250. The van der Waals surface area contributed by atoms with Crippen LogP contribution in [0.2, 0.25) is 0 Å². The molecule has 0 saturated heterocycles. The SMILES string of the molecule is Cc1cc(-c2cccc(CO)c2)cnc1NC(=O)C1(c2ccc3c(c2)OCO3)CC1. The molecular weight excluding hydrogens is 380 g/mol. The first kappa shape index (κ1) is 18.6. The number of benzene rings is 2. The van der Waals surface area contributed by atoms with Gasteiger partial charge in [0.25, 0.3) is 0 Å². The maximum Gasteiger partial charge on any atom is 0.236 e. The number of fused-ring (bicyclic) bond motifs is 1. The maximum atomic E-state index is 13.1. The van der Waals surface area contributed by atoms with E-state index in [1.165, 1.54) is 0 Å². The van der Waals surface area contributed by atoms with Crippen LogP contribution in [-0.4, -0.2) is 22.8 Å². The molecule has 1 aliphatic heterocycles. The van der Waals surface area contributed by atoms with Gasteiger partial charge in [-0.1, -0.05) is 24.3 Å². The molecule has 3 aromatic rings. The Labute approximate surface area is 174 Å². The summed E-state index contributed by atoms with van der Waals surface area (Å²) >= 11 is 0. The first-order chi connectivity index (χ1) is 14.6. The number of nitrogens with zero attached hydrogens (tertiary/aromatic N) is 1. The van der Waals surface area contributed by atoms with Gasteiger partial charge in [-0.15, -0.1) is 0 Å². The Balaban J connectivity index is 1.37. The Bertz CT molecular complexity index is 1140. The number of carbonyl (C=O) groups is 1. The molecule has 2 aliphatic rings. The third-order valence-corrected chi connectivity index (χ3v) is 5.86. The third kappa shape index (κ3) is 3.19. The zero-order chi connectivity index (χ0) is 20.7. The van der Waals surface area contributed by atoms with E-state index in [2.05, 4.69) is 10.3 Å². The summed E-state index contributed by atoms with van der Waals surface area (Å²) in [6.45, 7) is 2.15. The fourth-order valence-electron chi connectivity index (χ4n) is 3.91. The third-order valence-electron chi connectivity index (χ3n) is 5.86. The molecule has 0 unspecified atom stereocenters. The van der Waals surface area contributed by atoms with Gasteiger partial charge in [-0.3, -0.25) is 4.79 Å². The average Bonchev–Trinajstić information content (AvgIpc) is 3.46. The van der Waals surface area contributed by atoms with Crippen molar-refractivity contribution in [3.8, 4) is 22.6 Å². The monoisotopic (exact) mass is 402 g/mol. The Hall–Kier alpha value is -3.38. The van der Waals surface area contributed by atoms with E-state index in [0.29, 0.717) is 17.3 Å². The summed E-state index contributed by atoms with van der Waals surface area (Å²) in [7, 11) is 0. The zero-order valence-electron chi connectivity index (χ0n) is 16.6. The van der Waals surface area contributed by atoms with Gasteiger partial charge in [-0.2, -0.15) is 0 Å². The number of amides is 1. The van der Waals surface area contributed by atoms with Crippen LogP contribution >= 0.6 is 0 Å². The van der Waals surface area contributed by atoms with Gasteiger partial charge in [0.2, 0.25) is 12.7 Å². The highest BCUT2D eigenvalue weighted by Gasteiger charge is 2.51. The predicted molar refractivity (Wildman–Crippen MR) is 112 cm³/mol. The molecule has 1 aromatic heterocycles. The normalized spacial score (nSPS) is 15.7. The van der Waals surface area contributed by atoms with Crippen molar-refractivity contribution in [1.29, 1.82) is 0 Å². The fourth-order valence-corrected chi connectivity index (χ4v) is 3.91. The minimum atomic E-state index is -0.538. The molecule has 1 aliphatic carbocycles. The van der Waals surface area contributed by atoms with Crippen LogP contribution in [0.4, 0.5) is 5.82 Å². The van der Waals surface area contributed by atoms with Gasteiger partial charge >= 0.3 is 0 Å². The van der Waals surface area contributed by atoms with Crippen LogP contribution in [-0.2, 0) is 16.8 Å². The van der Waals surface area contributed by atoms with Gasteiger partial charge < -0.3 is 19.9 Å². The van der Waals surface area contributed by atoms with Crippen molar-refractivity contribution in [1.82, 2.24) is 4.98 Å². The zero-order valence-corrected chi connectivity index (χ0v) is 16.6. The number of anilines is 1. The second-order valence-electron chi connectivity index (χ2n) is 7.85. The van der Waals surface area contributed by atoms with Crippen LogP contribution in [0.5, 0.6) is 11.5 Å². The number of carbonyl (C=O) groups excluding carboxylic acids is 1. The molecule has 0 bridgehead atoms. The smallest absolute Gasteiger partial charge is 0.236 e. The highest BCUT2D eigenvalue weighted by molar-refractivity contribution is 6.01. The number of rotatable bonds is 5. The first-order valence-corrected chi connectivity index (χ1v) is 9.97. The molecule has 1 saturated carbocycles. The van der Waals surface area contributed by atoms with E-state index < -0.39 is 5.41 Å². The van der Waals surface area contributed by atoms with Crippen molar-refractivity contribution >= 4 is 11.7 Å². The molecule has 0 radical (unpaired) electrons. The number of nitrogens with one attached hydrogen (secondary N) is 1. The summed E-state index contributed by atoms with van der Waals surface area (Å²) in [4.78, 5) is 17.6. The van der Waals surface area contributed by atoms with Crippen LogP contribution in [0.25, 0.3) is 11.1 Å². The largest absolute Gasteiger partial charge is 0.454 e. The van der Waals surface area contributed by atoms with Crippen molar-refractivity contribution in [2.45, 2.75) is 31.8 Å². The Morgan fingerprint density at radius 3 is 2.70 bits per heavy atom. The van der Waals surface area contributed by atoms with Crippen LogP contribution in [0.1, 0.15) is 29.5 Å². The standard InChI is InChI=1S/C24H22N2O4/c1-15-9-18(17-4-2-3-16(10-17)13-27)12-25-22(15)26-23(28)24(7-8-24)19-5-6-20-21(11-19)30-14-29-20/h2-6,9-12,27H,7-8,13-14H2,1H3,(H,25,26,28). The lowest BCUT2D eigenvalue weighted by molar-refractivity contribution is -0.118. The number of aliphatic hydroxyl groups excluding tert-OH is 1. The average molecular weight is 402 g/mol. The minimum absolute atomic E-state index is 0.00364. The van der Waals surface area contributed by atoms with Crippen molar-refractivity contribution in [3.05, 3.63) is 71.4 Å². The van der Waals surface area contributed by atoms with Gasteiger partial charge in [0, 0.05) is 11.8 Å². The number of pyridine rings is 1. The van der Waals surface area contributed by atoms with Gasteiger partial charge in [0.05, 0.1) is 12.0 Å². The van der Waals surface area contributed by atoms with Crippen LogP contribution in [0.3, 0.4) is 0 Å². The van der Waals surface area contributed by atoms with Crippen LogP contribution in [0, 0.1) is 6.92 Å². The van der Waals surface area contributed by atoms with E-state index in [1.807, 2.05) is 55.5 Å². The van der Waals surface area contributed by atoms with Gasteiger partial charge in [0.1, 0.15) is 5.82 Å². The van der Waals surface area contributed by atoms with E-state index in [-0.39, 0.29) is 19.3 Å². The van der Waals surface area contributed by atoms with E-state index in [0.717, 1.165) is 40.7 Å². The molecular formula is C24H22N2O4. The van der Waals surface area contributed by atoms with Crippen molar-refractivity contribution < 1.29 is 19.4 Å². The summed E-state index contributed by atoms with van der Waals surface area (Å²) in [5, 5.41) is 12.4. The second kappa shape index (κ2) is 7.15. The van der Waals surface area contributed by atoms with E-state index in [9.17, 15) is 9.90 Å². The Morgan fingerprint density at radius 1 is 1.10 bits per heavy atom. The molecule has 5 rings (SSSR count). The summed E-state index contributed by atoms with van der Waals surface area (Å²) in [6.07, 6.45) is 3.34. The molecule has 152 valence electrons. The molecule has 2 N–H and O–H groups in total. The maximum absolute atomic E-state index is 13.1. The van der Waals surface area contributed by atoms with Crippen molar-refractivity contribution in [3.63, 3.8) is 0 Å². The number of aromatic nitrogens is 1. The van der Waals surface area contributed by atoms with Gasteiger partial charge in [-0.05, 0) is 66.3 Å². The minimum Gasteiger partial charge on any atom is -0.454 e. The number of hydrogen-bond donors (Lipinski definition) is 2. The van der Waals surface area contributed by atoms with Crippen molar-refractivity contribution in [2.24, 2.45) is 0 Å². The number of aliphatic hydroxyl groups is 1. The summed E-state index contributed by atoms with van der Waals surface area (Å²) in [5.41, 5.74) is 4.06. The number of hydrogen-bond acceptors (Lipinski definition) is 5. The lowest BCUT2D eigenvalue weighted by Gasteiger charge is -2.17. The molecule has 2 heterocycles. The van der Waals surface area contributed by atoms with E-state index in [4.69, 9.17) is 9.47 Å². The quantitative estimate of drug-likeness (QED) is 0.676. The molecule has 2 aromatic carbocycles. The summed E-state index contributed by atoms with van der Waals surface area (Å²) in [5.74, 6) is 1.92. The lowest BCUT2D eigenvalue weighted by Crippen LogP contribution is -2.28. The van der Waals surface area contributed by atoms with E-state index >= 15 is 0 Å². The Kier molecular flexibility index (Phi) is 4.44. The van der Waals surface area contributed by atoms with Gasteiger partial charge in [0.15, 0.2) is 11.5 Å². The van der Waals surface area contributed by atoms with Crippen LogP contribution in [0.15, 0.2) is 54.7 Å². The summed E-state index contributed by atoms with van der Waals surface area (Å²) in [6, 6.07) is 15.4. The molecule has 0 spiro atoms. The predicted octanol–water partition coefficient (Wildman–Crippen LogP) is 3.95. The van der Waals surface area contributed by atoms with E-state index in [1.54, 1.807) is 6.20 Å². The van der Waals surface area contributed by atoms with Crippen LogP contribution < -0.4 is 14.8 Å². The first-order valence-electron chi connectivity index (χ1n) is 9.97. The Morgan fingerprint density at radius 2 is 1.93 bits per heavy atom. The second-order valence-corrected chi connectivity index (χ2v) is 7.85. The molecule has 30 heavy (non-hydrogen) atoms. The molecule has 6 nitrogen and oxygen atoms in total. The molecule has 0 atom stereocenters. The number of aryl methyl sites for hydroxylation is 1. The number of ether oxygens (including phenoxy) is 2. The summed E-state index contributed by atoms with van der Waals surface area (Å²) < 4.78 is 10.8. The van der Waals surface area contributed by atoms with Crippen molar-refractivity contribution in [2.75, 3.05) is 12.1 Å².